The van der Waals surface area contributed by atoms with Crippen molar-refractivity contribution in [2.45, 2.75) is 6.92 Å². The number of carbonyl (C=O) groups excluding carboxylic acids is 1. The summed E-state index contributed by atoms with van der Waals surface area (Å²) in [6.45, 7) is 2.04. The number of hydrogen-bond acceptors (Lipinski definition) is 4. The summed E-state index contributed by atoms with van der Waals surface area (Å²) in [4.78, 5) is 19.3. The van der Waals surface area contributed by atoms with Crippen LogP contribution in [0.25, 0.3) is 6.08 Å². The normalized spacial score (nSPS) is 18.5. The van der Waals surface area contributed by atoms with Crippen molar-refractivity contribution in [3.63, 3.8) is 0 Å². The molecule has 3 nitrogen and oxygen atoms in total. The molecule has 2 aromatic rings. The summed E-state index contributed by atoms with van der Waals surface area (Å²) in [5.41, 5.74) is 0.760. The van der Waals surface area contributed by atoms with Gasteiger partial charge < -0.3 is 5.32 Å². The fraction of sp³-hybridized carbons (Fsp3) is 0.0667. The fourth-order valence-electron chi connectivity index (χ4n) is 1.77. The van der Waals surface area contributed by atoms with Gasteiger partial charge in [0.1, 0.15) is 0 Å². The molecular formula is C15H11ClN2OS2. The molecule has 21 heavy (non-hydrogen) atoms. The summed E-state index contributed by atoms with van der Waals surface area (Å²) in [6.07, 6.45) is 1.89. The number of aryl methyl sites for hydroxylation is 1. The van der Waals surface area contributed by atoms with Crippen LogP contribution in [0.5, 0.6) is 0 Å². The highest BCUT2D eigenvalue weighted by molar-refractivity contribution is 8.18. The van der Waals surface area contributed by atoms with Crippen molar-refractivity contribution in [3.8, 4) is 0 Å². The van der Waals surface area contributed by atoms with Gasteiger partial charge in [0, 0.05) is 14.8 Å². The van der Waals surface area contributed by atoms with Gasteiger partial charge in [-0.2, -0.15) is 0 Å². The zero-order valence-electron chi connectivity index (χ0n) is 11.1. The van der Waals surface area contributed by atoms with Crippen molar-refractivity contribution in [1.29, 1.82) is 0 Å². The molecule has 3 rings (SSSR count). The van der Waals surface area contributed by atoms with Crippen LogP contribution in [0, 0.1) is 6.92 Å². The number of halogens is 1. The fourth-order valence-corrected chi connectivity index (χ4v) is 3.63. The SMILES string of the molecule is Cc1ccc(/C=C2\S/C(=N/c3ccc(Cl)cc3)NC2=O)s1. The average molecular weight is 335 g/mol. The summed E-state index contributed by atoms with van der Waals surface area (Å²) in [7, 11) is 0. The summed E-state index contributed by atoms with van der Waals surface area (Å²) < 4.78 is 0. The van der Waals surface area contributed by atoms with Crippen LogP contribution < -0.4 is 5.32 Å². The molecule has 1 aromatic heterocycles. The maximum Gasteiger partial charge on any atom is 0.264 e. The van der Waals surface area contributed by atoms with Gasteiger partial charge in [-0.3, -0.25) is 4.79 Å². The lowest BCUT2D eigenvalue weighted by atomic mass is 10.3. The first-order valence-electron chi connectivity index (χ1n) is 6.22. The zero-order valence-corrected chi connectivity index (χ0v) is 13.5. The third-order valence-corrected chi connectivity index (χ3v) is 4.85. The number of carbonyl (C=O) groups is 1. The third-order valence-electron chi connectivity index (χ3n) is 2.74. The molecule has 1 fully saturated rings. The van der Waals surface area contributed by atoms with E-state index in [0.29, 0.717) is 15.1 Å². The lowest BCUT2D eigenvalue weighted by molar-refractivity contribution is -0.115. The molecule has 0 unspecified atom stereocenters. The molecule has 0 atom stereocenters. The van der Waals surface area contributed by atoms with Gasteiger partial charge in [0.15, 0.2) is 5.17 Å². The quantitative estimate of drug-likeness (QED) is 0.815. The molecule has 1 aliphatic rings. The number of amides is 1. The molecule has 0 bridgehead atoms. The smallest absolute Gasteiger partial charge is 0.264 e. The van der Waals surface area contributed by atoms with E-state index >= 15 is 0 Å². The number of benzene rings is 1. The molecule has 1 aliphatic heterocycles. The third kappa shape index (κ3) is 3.56. The monoisotopic (exact) mass is 334 g/mol. The van der Waals surface area contributed by atoms with Crippen molar-refractivity contribution < 1.29 is 4.79 Å². The number of thiophene rings is 1. The summed E-state index contributed by atoms with van der Waals surface area (Å²) >= 11 is 8.84. The standard InChI is InChI=1S/C15H11ClN2OS2/c1-9-2-7-12(20-9)8-13-14(19)18-15(21-13)17-11-5-3-10(16)4-6-11/h2-8H,1H3,(H,17,18,19)/b13-8-. The van der Waals surface area contributed by atoms with Crippen LogP contribution in [0.1, 0.15) is 9.75 Å². The van der Waals surface area contributed by atoms with Crippen molar-refractivity contribution in [3.05, 3.63) is 56.1 Å². The maximum absolute atomic E-state index is 11.9. The number of rotatable bonds is 2. The highest BCUT2D eigenvalue weighted by atomic mass is 35.5. The molecule has 0 spiro atoms. The van der Waals surface area contributed by atoms with Crippen LogP contribution >= 0.6 is 34.7 Å². The molecule has 0 aliphatic carbocycles. The first-order valence-corrected chi connectivity index (χ1v) is 8.23. The second-order valence-corrected chi connectivity index (χ2v) is 7.19. The van der Waals surface area contributed by atoms with E-state index in [2.05, 4.69) is 10.3 Å². The van der Waals surface area contributed by atoms with Gasteiger partial charge >= 0.3 is 0 Å². The van der Waals surface area contributed by atoms with E-state index in [9.17, 15) is 4.79 Å². The molecule has 0 radical (unpaired) electrons. The van der Waals surface area contributed by atoms with Crippen LogP contribution in [0.15, 0.2) is 46.3 Å². The Balaban J connectivity index is 1.81. The number of nitrogens with zero attached hydrogens (tertiary/aromatic N) is 1. The second kappa shape index (κ2) is 6.05. The maximum atomic E-state index is 11.9. The van der Waals surface area contributed by atoms with Crippen molar-refractivity contribution in [2.24, 2.45) is 4.99 Å². The van der Waals surface area contributed by atoms with E-state index in [1.807, 2.05) is 37.3 Å². The van der Waals surface area contributed by atoms with Crippen LogP contribution in [0.2, 0.25) is 5.02 Å². The highest BCUT2D eigenvalue weighted by Crippen LogP contribution is 2.30. The Morgan fingerprint density at radius 2 is 1.95 bits per heavy atom. The average Bonchev–Trinajstić information content (AvgIpc) is 3.00. The van der Waals surface area contributed by atoms with Gasteiger partial charge in [-0.25, -0.2) is 4.99 Å². The van der Waals surface area contributed by atoms with Crippen LogP contribution in [-0.2, 0) is 4.79 Å². The number of nitrogens with one attached hydrogen (secondary N) is 1. The van der Waals surface area contributed by atoms with Gasteiger partial charge in [-0.15, -0.1) is 11.3 Å². The van der Waals surface area contributed by atoms with E-state index in [-0.39, 0.29) is 5.91 Å². The lowest BCUT2D eigenvalue weighted by Gasteiger charge is -1.96. The van der Waals surface area contributed by atoms with E-state index in [4.69, 9.17) is 11.6 Å². The zero-order chi connectivity index (χ0) is 14.8. The molecule has 2 heterocycles. The van der Waals surface area contributed by atoms with E-state index in [1.54, 1.807) is 23.5 Å². The largest absolute Gasteiger partial charge is 0.300 e. The molecule has 0 saturated carbocycles. The van der Waals surface area contributed by atoms with E-state index in [1.165, 1.54) is 16.6 Å². The van der Waals surface area contributed by atoms with Crippen molar-refractivity contribution in [2.75, 3.05) is 0 Å². The first-order chi connectivity index (χ1) is 10.1. The minimum atomic E-state index is -0.112. The molecule has 6 heteroatoms. The topological polar surface area (TPSA) is 41.5 Å². The van der Waals surface area contributed by atoms with Crippen molar-refractivity contribution >= 4 is 57.5 Å². The summed E-state index contributed by atoms with van der Waals surface area (Å²) in [5, 5.41) is 4.02. The van der Waals surface area contributed by atoms with Crippen LogP contribution in [-0.4, -0.2) is 11.1 Å². The highest BCUT2D eigenvalue weighted by Gasteiger charge is 2.23. The second-order valence-electron chi connectivity index (χ2n) is 4.41. The van der Waals surface area contributed by atoms with Gasteiger partial charge in [-0.05, 0) is 61.2 Å². The molecule has 1 amide bonds. The molecular weight excluding hydrogens is 324 g/mol. The Kier molecular flexibility index (Phi) is 4.14. The number of hydrogen-bond donors (Lipinski definition) is 1. The minimum Gasteiger partial charge on any atom is -0.300 e. The number of thioether (sulfide) groups is 1. The lowest BCUT2D eigenvalue weighted by Crippen LogP contribution is -2.19. The van der Waals surface area contributed by atoms with Crippen LogP contribution in [0.3, 0.4) is 0 Å². The minimum absolute atomic E-state index is 0.112. The van der Waals surface area contributed by atoms with Gasteiger partial charge in [0.05, 0.1) is 10.6 Å². The van der Waals surface area contributed by atoms with E-state index < -0.39 is 0 Å². The Labute approximate surface area is 135 Å². The Morgan fingerprint density at radius 3 is 2.62 bits per heavy atom. The van der Waals surface area contributed by atoms with Crippen molar-refractivity contribution in [1.82, 2.24) is 5.32 Å². The van der Waals surface area contributed by atoms with Gasteiger partial charge in [-0.1, -0.05) is 11.6 Å². The van der Waals surface area contributed by atoms with Crippen LogP contribution in [0.4, 0.5) is 5.69 Å². The number of aliphatic imine (C=N–C) groups is 1. The Bertz CT molecular complexity index is 747. The van der Waals surface area contributed by atoms with Gasteiger partial charge in [0.25, 0.3) is 5.91 Å². The number of amidine groups is 1. The summed E-state index contributed by atoms with van der Waals surface area (Å²) in [6, 6.07) is 11.2. The molecule has 1 saturated heterocycles. The predicted molar refractivity (Wildman–Crippen MR) is 91.3 cm³/mol. The van der Waals surface area contributed by atoms with Gasteiger partial charge in [0.2, 0.25) is 0 Å². The Hall–Kier alpha value is -1.56. The van der Waals surface area contributed by atoms with E-state index in [0.717, 1.165) is 10.6 Å². The molecule has 106 valence electrons. The first kappa shape index (κ1) is 14.4. The molecule has 1 N–H and O–H groups in total. The Morgan fingerprint density at radius 1 is 1.19 bits per heavy atom. The molecule has 1 aromatic carbocycles. The predicted octanol–water partition coefficient (Wildman–Crippen LogP) is 4.60. The summed E-state index contributed by atoms with van der Waals surface area (Å²) in [5.74, 6) is -0.112.